The van der Waals surface area contributed by atoms with E-state index in [2.05, 4.69) is 11.9 Å². The molecule has 0 aromatic heterocycles. The van der Waals surface area contributed by atoms with Gasteiger partial charge >= 0.3 is 0 Å². The van der Waals surface area contributed by atoms with E-state index in [4.69, 9.17) is 14.2 Å². The second-order valence-electron chi connectivity index (χ2n) is 7.26. The molecule has 0 radical (unpaired) electrons. The summed E-state index contributed by atoms with van der Waals surface area (Å²) in [6.07, 6.45) is 2.53. The lowest BCUT2D eigenvalue weighted by atomic mass is 10.1. The molecule has 0 saturated heterocycles. The number of ether oxygens (including phenoxy) is 3. The van der Waals surface area contributed by atoms with Crippen molar-refractivity contribution < 1.29 is 23.8 Å². The number of rotatable bonds is 7. The highest BCUT2D eigenvalue weighted by Gasteiger charge is 2.31. The number of anilines is 2. The molecule has 7 heteroatoms. The van der Waals surface area contributed by atoms with E-state index >= 15 is 0 Å². The van der Waals surface area contributed by atoms with Crippen molar-refractivity contribution >= 4 is 29.3 Å². The number of nitrogens with zero attached hydrogens (tertiary/aromatic N) is 1. The molecule has 0 aliphatic carbocycles. The van der Waals surface area contributed by atoms with E-state index in [0.717, 1.165) is 11.1 Å². The summed E-state index contributed by atoms with van der Waals surface area (Å²) in [5, 5.41) is 2.82. The Morgan fingerprint density at radius 3 is 2.61 bits per heavy atom. The first kappa shape index (κ1) is 22.0. The predicted molar refractivity (Wildman–Crippen MR) is 121 cm³/mol. The zero-order valence-corrected chi connectivity index (χ0v) is 18.1. The topological polar surface area (TPSA) is 77.1 Å². The van der Waals surface area contributed by atoms with Crippen LogP contribution in [0.1, 0.15) is 19.4 Å². The maximum Gasteiger partial charge on any atom is 0.268 e. The maximum absolute atomic E-state index is 12.6. The van der Waals surface area contributed by atoms with Crippen LogP contribution in [0.25, 0.3) is 6.08 Å². The molecule has 7 nitrogen and oxygen atoms in total. The second-order valence-corrected chi connectivity index (χ2v) is 7.26. The molecule has 0 spiro atoms. The standard InChI is InChI=1S/C24H26N2O5/c1-15(2)14-26-19-13-18(8-10-20(19)31-16(3)24(26)28)25-23(27)11-7-17-6-9-21(29-4)22(12-17)30-5/h6-13,16H,1,14H2,2-5H3,(H,25,27)/b11-7+. The van der Waals surface area contributed by atoms with Crippen LogP contribution in [0, 0.1) is 0 Å². The highest BCUT2D eigenvalue weighted by molar-refractivity contribution is 6.04. The van der Waals surface area contributed by atoms with E-state index in [1.165, 1.54) is 6.08 Å². The lowest BCUT2D eigenvalue weighted by molar-refractivity contribution is -0.125. The van der Waals surface area contributed by atoms with E-state index < -0.39 is 6.10 Å². The van der Waals surface area contributed by atoms with Crippen molar-refractivity contribution in [2.45, 2.75) is 20.0 Å². The number of hydrogen-bond acceptors (Lipinski definition) is 5. The fraction of sp³-hybridized carbons (Fsp3) is 0.250. The van der Waals surface area contributed by atoms with Crippen LogP contribution in [-0.2, 0) is 9.59 Å². The molecule has 1 atom stereocenters. The van der Waals surface area contributed by atoms with Gasteiger partial charge in [0.25, 0.3) is 5.91 Å². The van der Waals surface area contributed by atoms with Crippen molar-refractivity contribution in [3.8, 4) is 17.2 Å². The highest BCUT2D eigenvalue weighted by Crippen LogP contribution is 2.36. The van der Waals surface area contributed by atoms with Gasteiger partial charge in [-0.15, -0.1) is 0 Å². The van der Waals surface area contributed by atoms with Crippen LogP contribution in [0.5, 0.6) is 17.2 Å². The van der Waals surface area contributed by atoms with Crippen LogP contribution in [0.4, 0.5) is 11.4 Å². The molecule has 1 N–H and O–H groups in total. The van der Waals surface area contributed by atoms with Gasteiger partial charge in [-0.25, -0.2) is 0 Å². The minimum absolute atomic E-state index is 0.146. The van der Waals surface area contributed by atoms with E-state index in [1.807, 2.05) is 13.0 Å². The predicted octanol–water partition coefficient (Wildman–Crippen LogP) is 4.05. The summed E-state index contributed by atoms with van der Waals surface area (Å²) in [5.41, 5.74) is 2.80. The van der Waals surface area contributed by atoms with Gasteiger partial charge < -0.3 is 24.4 Å². The molecule has 0 saturated carbocycles. The van der Waals surface area contributed by atoms with Crippen LogP contribution in [0.3, 0.4) is 0 Å². The van der Waals surface area contributed by atoms with Gasteiger partial charge in [-0.1, -0.05) is 18.2 Å². The summed E-state index contributed by atoms with van der Waals surface area (Å²) in [7, 11) is 3.12. The first-order chi connectivity index (χ1) is 14.8. The lowest BCUT2D eigenvalue weighted by Crippen LogP contribution is -2.45. The number of hydrogen-bond donors (Lipinski definition) is 1. The Hall–Kier alpha value is -3.74. The van der Waals surface area contributed by atoms with E-state index in [-0.39, 0.29) is 11.8 Å². The third kappa shape index (κ3) is 5.06. The fourth-order valence-corrected chi connectivity index (χ4v) is 3.23. The average molecular weight is 422 g/mol. The first-order valence-corrected chi connectivity index (χ1v) is 9.80. The molecule has 0 fully saturated rings. The Morgan fingerprint density at radius 1 is 1.19 bits per heavy atom. The summed E-state index contributed by atoms with van der Waals surface area (Å²) in [5.74, 6) is 1.33. The molecular formula is C24H26N2O5. The molecule has 2 aromatic carbocycles. The van der Waals surface area contributed by atoms with Gasteiger partial charge in [0, 0.05) is 18.3 Å². The molecule has 0 bridgehead atoms. The Kier molecular flexibility index (Phi) is 6.65. The third-order valence-electron chi connectivity index (χ3n) is 4.70. The van der Waals surface area contributed by atoms with Gasteiger partial charge in [0.2, 0.25) is 5.91 Å². The van der Waals surface area contributed by atoms with Crippen LogP contribution in [0.15, 0.2) is 54.6 Å². The van der Waals surface area contributed by atoms with Crippen molar-refractivity contribution in [2.24, 2.45) is 0 Å². The Balaban J connectivity index is 1.77. The summed E-state index contributed by atoms with van der Waals surface area (Å²) < 4.78 is 16.2. The molecule has 3 rings (SSSR count). The van der Waals surface area contributed by atoms with E-state index in [9.17, 15) is 9.59 Å². The van der Waals surface area contributed by atoms with Crippen LogP contribution < -0.4 is 24.4 Å². The van der Waals surface area contributed by atoms with Crippen molar-refractivity contribution in [1.82, 2.24) is 0 Å². The third-order valence-corrected chi connectivity index (χ3v) is 4.70. The quantitative estimate of drug-likeness (QED) is 0.538. The number of nitrogens with one attached hydrogen (secondary N) is 1. The SMILES string of the molecule is C=C(C)CN1C(=O)C(C)Oc2ccc(NC(=O)/C=C/c3ccc(OC)c(OC)c3)cc21. The first-order valence-electron chi connectivity index (χ1n) is 9.80. The Morgan fingerprint density at radius 2 is 1.94 bits per heavy atom. The number of amides is 2. The average Bonchev–Trinajstić information content (AvgIpc) is 2.75. The van der Waals surface area contributed by atoms with E-state index in [1.54, 1.807) is 62.5 Å². The summed E-state index contributed by atoms with van der Waals surface area (Å²) in [6.45, 7) is 7.86. The maximum atomic E-state index is 12.6. The number of carbonyl (C=O) groups excluding carboxylic acids is 2. The number of carbonyl (C=O) groups is 2. The minimum Gasteiger partial charge on any atom is -0.493 e. The molecule has 162 valence electrons. The summed E-state index contributed by atoms with van der Waals surface area (Å²) >= 11 is 0. The van der Waals surface area contributed by atoms with Gasteiger partial charge in [-0.3, -0.25) is 9.59 Å². The zero-order valence-electron chi connectivity index (χ0n) is 18.1. The van der Waals surface area contributed by atoms with Gasteiger partial charge in [-0.05, 0) is 55.8 Å². The molecule has 1 aliphatic heterocycles. The molecule has 31 heavy (non-hydrogen) atoms. The van der Waals surface area contributed by atoms with Gasteiger partial charge in [0.15, 0.2) is 17.6 Å². The van der Waals surface area contributed by atoms with Crippen LogP contribution in [0.2, 0.25) is 0 Å². The van der Waals surface area contributed by atoms with Gasteiger partial charge in [0.05, 0.1) is 19.9 Å². The summed E-state index contributed by atoms with van der Waals surface area (Å²) in [6, 6.07) is 10.6. The van der Waals surface area contributed by atoms with E-state index in [0.29, 0.717) is 35.2 Å². The van der Waals surface area contributed by atoms with Crippen molar-refractivity contribution in [1.29, 1.82) is 0 Å². The zero-order chi connectivity index (χ0) is 22.5. The number of benzene rings is 2. The molecular weight excluding hydrogens is 396 g/mol. The highest BCUT2D eigenvalue weighted by atomic mass is 16.5. The van der Waals surface area contributed by atoms with Crippen molar-refractivity contribution in [3.63, 3.8) is 0 Å². The number of fused-ring (bicyclic) bond motifs is 1. The smallest absolute Gasteiger partial charge is 0.268 e. The molecule has 1 heterocycles. The molecule has 2 aromatic rings. The number of methoxy groups -OCH3 is 2. The van der Waals surface area contributed by atoms with Gasteiger partial charge in [0.1, 0.15) is 5.75 Å². The normalized spacial score (nSPS) is 15.3. The Bertz CT molecular complexity index is 1040. The second kappa shape index (κ2) is 9.38. The van der Waals surface area contributed by atoms with Crippen molar-refractivity contribution in [2.75, 3.05) is 31.0 Å². The van der Waals surface area contributed by atoms with Crippen LogP contribution >= 0.6 is 0 Å². The molecule has 2 amide bonds. The van der Waals surface area contributed by atoms with Crippen LogP contribution in [-0.4, -0.2) is 38.7 Å². The molecule has 1 unspecified atom stereocenters. The Labute approximate surface area is 181 Å². The van der Waals surface area contributed by atoms with Crippen molar-refractivity contribution in [3.05, 3.63) is 60.2 Å². The minimum atomic E-state index is -0.572. The van der Waals surface area contributed by atoms with Gasteiger partial charge in [-0.2, -0.15) is 0 Å². The monoisotopic (exact) mass is 422 g/mol. The summed E-state index contributed by atoms with van der Waals surface area (Å²) in [4.78, 5) is 26.6. The largest absolute Gasteiger partial charge is 0.493 e. The lowest BCUT2D eigenvalue weighted by Gasteiger charge is -2.33. The molecule has 1 aliphatic rings. The fourth-order valence-electron chi connectivity index (χ4n) is 3.23.